The predicted octanol–water partition coefficient (Wildman–Crippen LogP) is 3.83. The van der Waals surface area contributed by atoms with E-state index in [0.29, 0.717) is 16.8 Å². The summed E-state index contributed by atoms with van der Waals surface area (Å²) in [6.45, 7) is 5.62. The van der Waals surface area contributed by atoms with Crippen LogP contribution in [0.15, 0.2) is 66.7 Å². The Hall–Kier alpha value is -3.44. The molecule has 0 saturated heterocycles. The van der Waals surface area contributed by atoms with Gasteiger partial charge in [-0.2, -0.15) is 0 Å². The van der Waals surface area contributed by atoms with Crippen molar-refractivity contribution >= 4 is 23.2 Å². The first-order valence-electron chi connectivity index (χ1n) is 9.89. The van der Waals surface area contributed by atoms with Crippen LogP contribution in [-0.2, 0) is 15.2 Å². The smallest absolute Gasteiger partial charge is 0.268 e. The number of hydrogen-bond acceptors (Lipinski definition) is 3. The number of amides is 2. The van der Waals surface area contributed by atoms with Crippen molar-refractivity contribution < 1.29 is 14.7 Å². The van der Waals surface area contributed by atoms with E-state index in [1.807, 2.05) is 51.1 Å². The van der Waals surface area contributed by atoms with Gasteiger partial charge in [-0.25, -0.2) is 0 Å². The molecule has 0 saturated carbocycles. The average Bonchev–Trinajstić information content (AvgIpc) is 2.94. The fourth-order valence-electron chi connectivity index (χ4n) is 4.00. The molecule has 0 bridgehead atoms. The second-order valence-corrected chi connectivity index (χ2v) is 7.80. The van der Waals surface area contributed by atoms with Crippen LogP contribution < -0.4 is 10.2 Å². The Morgan fingerprint density at radius 1 is 0.933 bits per heavy atom. The van der Waals surface area contributed by atoms with E-state index in [2.05, 4.69) is 5.32 Å². The lowest BCUT2D eigenvalue weighted by atomic mass is 9.87. The molecule has 1 aliphatic heterocycles. The van der Waals surface area contributed by atoms with E-state index in [0.717, 1.165) is 22.4 Å². The molecule has 5 heteroatoms. The third kappa shape index (κ3) is 3.17. The Morgan fingerprint density at radius 3 is 2.23 bits per heavy atom. The van der Waals surface area contributed by atoms with Gasteiger partial charge in [0.2, 0.25) is 5.91 Å². The zero-order chi connectivity index (χ0) is 21.5. The third-order valence-electron chi connectivity index (χ3n) is 5.66. The number of nitrogens with zero attached hydrogens (tertiary/aromatic N) is 1. The molecular weight excluding hydrogens is 376 g/mol. The molecular formula is C25H24N2O3. The maximum atomic E-state index is 13.4. The van der Waals surface area contributed by atoms with Gasteiger partial charge in [0.15, 0.2) is 5.60 Å². The van der Waals surface area contributed by atoms with Gasteiger partial charge < -0.3 is 10.4 Å². The molecule has 3 aromatic carbocycles. The number of carbonyl (C=O) groups is 2. The monoisotopic (exact) mass is 400 g/mol. The molecule has 2 amide bonds. The van der Waals surface area contributed by atoms with E-state index in [1.54, 1.807) is 36.4 Å². The fourth-order valence-corrected chi connectivity index (χ4v) is 4.00. The van der Waals surface area contributed by atoms with Crippen molar-refractivity contribution in [2.24, 2.45) is 0 Å². The van der Waals surface area contributed by atoms with Gasteiger partial charge in [-0.05, 0) is 43.5 Å². The van der Waals surface area contributed by atoms with Crippen molar-refractivity contribution in [3.63, 3.8) is 0 Å². The summed E-state index contributed by atoms with van der Waals surface area (Å²) < 4.78 is 0. The van der Waals surface area contributed by atoms with Crippen molar-refractivity contribution in [1.29, 1.82) is 0 Å². The molecule has 3 aromatic rings. The molecule has 152 valence electrons. The van der Waals surface area contributed by atoms with Crippen molar-refractivity contribution in [3.8, 4) is 0 Å². The Balaban J connectivity index is 1.67. The lowest BCUT2D eigenvalue weighted by Crippen LogP contribution is -2.44. The minimum atomic E-state index is -1.82. The first kappa shape index (κ1) is 19.9. The molecule has 0 spiro atoms. The van der Waals surface area contributed by atoms with Crippen molar-refractivity contribution in [1.82, 2.24) is 0 Å². The van der Waals surface area contributed by atoms with Crippen LogP contribution in [0, 0.1) is 20.8 Å². The summed E-state index contributed by atoms with van der Waals surface area (Å²) in [5.41, 5.74) is 3.38. The van der Waals surface area contributed by atoms with Crippen LogP contribution in [0.4, 0.5) is 11.4 Å². The number of aryl methyl sites for hydroxylation is 3. The number of aliphatic hydroxyl groups is 1. The Bertz CT molecular complexity index is 1120. The van der Waals surface area contributed by atoms with Crippen LogP contribution in [0.5, 0.6) is 0 Å². The number of fused-ring (bicyclic) bond motifs is 1. The number of rotatable bonds is 4. The van der Waals surface area contributed by atoms with Crippen LogP contribution in [0.3, 0.4) is 0 Å². The predicted molar refractivity (Wildman–Crippen MR) is 118 cm³/mol. The van der Waals surface area contributed by atoms with Crippen LogP contribution >= 0.6 is 0 Å². The Labute approximate surface area is 176 Å². The molecule has 0 radical (unpaired) electrons. The highest BCUT2D eigenvalue weighted by atomic mass is 16.3. The molecule has 0 fully saturated rings. The molecule has 4 rings (SSSR count). The second kappa shape index (κ2) is 7.43. The summed E-state index contributed by atoms with van der Waals surface area (Å²) in [7, 11) is 0. The van der Waals surface area contributed by atoms with Gasteiger partial charge in [-0.15, -0.1) is 0 Å². The van der Waals surface area contributed by atoms with Gasteiger partial charge in [0, 0.05) is 11.3 Å². The quantitative estimate of drug-likeness (QED) is 0.699. The van der Waals surface area contributed by atoms with E-state index in [4.69, 9.17) is 0 Å². The van der Waals surface area contributed by atoms with Gasteiger partial charge in [0.25, 0.3) is 5.91 Å². The summed E-state index contributed by atoms with van der Waals surface area (Å²) in [4.78, 5) is 27.6. The number of carbonyl (C=O) groups excluding carboxylic acids is 2. The summed E-state index contributed by atoms with van der Waals surface area (Å²) >= 11 is 0. The van der Waals surface area contributed by atoms with Gasteiger partial charge >= 0.3 is 0 Å². The maximum Gasteiger partial charge on any atom is 0.268 e. The van der Waals surface area contributed by atoms with E-state index in [9.17, 15) is 14.7 Å². The van der Waals surface area contributed by atoms with Gasteiger partial charge in [-0.1, -0.05) is 66.2 Å². The normalized spacial score (nSPS) is 17.7. The lowest BCUT2D eigenvalue weighted by Gasteiger charge is -2.24. The average molecular weight is 400 g/mol. The van der Waals surface area contributed by atoms with Crippen molar-refractivity contribution in [3.05, 3.63) is 94.5 Å². The maximum absolute atomic E-state index is 13.4. The molecule has 2 N–H and O–H groups in total. The lowest BCUT2D eigenvalue weighted by molar-refractivity contribution is -0.133. The third-order valence-corrected chi connectivity index (χ3v) is 5.66. The van der Waals surface area contributed by atoms with Crippen LogP contribution in [0.25, 0.3) is 0 Å². The molecule has 5 nitrogen and oxygen atoms in total. The summed E-state index contributed by atoms with van der Waals surface area (Å²) in [6, 6.07) is 20.1. The molecule has 0 aliphatic carbocycles. The number of benzene rings is 3. The first-order chi connectivity index (χ1) is 14.3. The number of nitrogens with one attached hydrogen (secondary N) is 1. The molecule has 1 atom stereocenters. The van der Waals surface area contributed by atoms with E-state index in [-0.39, 0.29) is 12.5 Å². The number of para-hydroxylation sites is 2. The fraction of sp³-hybridized carbons (Fsp3) is 0.200. The van der Waals surface area contributed by atoms with Crippen LogP contribution in [-0.4, -0.2) is 23.5 Å². The minimum Gasteiger partial charge on any atom is -0.372 e. The molecule has 0 unspecified atom stereocenters. The largest absolute Gasteiger partial charge is 0.372 e. The summed E-state index contributed by atoms with van der Waals surface area (Å²) in [5, 5.41) is 14.4. The van der Waals surface area contributed by atoms with Gasteiger partial charge in [0.05, 0.1) is 5.69 Å². The SMILES string of the molecule is Cc1ccc([C@@]2(O)C(=O)N(CC(=O)Nc3c(C)cccc3C)c3ccccc32)cc1. The van der Waals surface area contributed by atoms with Gasteiger partial charge in [-0.3, -0.25) is 14.5 Å². The highest BCUT2D eigenvalue weighted by Gasteiger charge is 2.51. The van der Waals surface area contributed by atoms with E-state index in [1.165, 1.54) is 4.90 Å². The van der Waals surface area contributed by atoms with E-state index >= 15 is 0 Å². The molecule has 1 aliphatic rings. The van der Waals surface area contributed by atoms with E-state index < -0.39 is 11.5 Å². The topological polar surface area (TPSA) is 69.6 Å². The van der Waals surface area contributed by atoms with Crippen molar-refractivity contribution in [2.45, 2.75) is 26.4 Å². The Morgan fingerprint density at radius 2 is 1.57 bits per heavy atom. The summed E-state index contributed by atoms with van der Waals surface area (Å²) in [6.07, 6.45) is 0. The second-order valence-electron chi connectivity index (χ2n) is 7.80. The molecule has 0 aromatic heterocycles. The Kier molecular flexibility index (Phi) is 4.92. The highest BCUT2D eigenvalue weighted by molar-refractivity contribution is 6.12. The standard InChI is InChI=1S/C25H24N2O3/c1-16-11-13-19(14-12-16)25(30)20-9-4-5-10-21(20)27(24(25)29)15-22(28)26-23-17(2)7-6-8-18(23)3/h4-14,30H,15H2,1-3H3,(H,26,28)/t25-/m0/s1. The number of hydrogen-bond donors (Lipinski definition) is 2. The highest BCUT2D eigenvalue weighted by Crippen LogP contribution is 2.44. The minimum absolute atomic E-state index is 0.183. The van der Waals surface area contributed by atoms with Gasteiger partial charge in [0.1, 0.15) is 6.54 Å². The van der Waals surface area contributed by atoms with Crippen molar-refractivity contribution in [2.75, 3.05) is 16.8 Å². The zero-order valence-corrected chi connectivity index (χ0v) is 17.3. The zero-order valence-electron chi connectivity index (χ0n) is 17.3. The summed E-state index contributed by atoms with van der Waals surface area (Å²) in [5.74, 6) is -0.840. The number of anilines is 2. The first-order valence-corrected chi connectivity index (χ1v) is 9.89. The van der Waals surface area contributed by atoms with Crippen LogP contribution in [0.1, 0.15) is 27.8 Å². The molecule has 30 heavy (non-hydrogen) atoms. The van der Waals surface area contributed by atoms with Crippen LogP contribution in [0.2, 0.25) is 0 Å². The molecule has 1 heterocycles.